The van der Waals surface area contributed by atoms with Gasteiger partial charge >= 0.3 is 0 Å². The van der Waals surface area contributed by atoms with E-state index in [2.05, 4.69) is 23.9 Å². The first-order valence-electron chi connectivity index (χ1n) is 4.60. The summed E-state index contributed by atoms with van der Waals surface area (Å²) in [5.41, 5.74) is 6.75. The molecule has 0 aliphatic carbocycles. The number of likely N-dealkylation sites (N-methyl/N-ethyl adjacent to an activating group) is 1. The highest BCUT2D eigenvalue weighted by Gasteiger charge is 2.13. The van der Waals surface area contributed by atoms with Crippen LogP contribution in [-0.4, -0.2) is 30.0 Å². The van der Waals surface area contributed by atoms with Gasteiger partial charge in [0.1, 0.15) is 0 Å². The Labute approximate surface area is 79.6 Å². The van der Waals surface area contributed by atoms with Crippen LogP contribution in [0.4, 0.5) is 0 Å². The van der Waals surface area contributed by atoms with Crippen LogP contribution in [0.25, 0.3) is 0 Å². The number of rotatable bonds is 4. The molecule has 1 unspecified atom stereocenters. The Balaban J connectivity index is 2.78. The highest BCUT2D eigenvalue weighted by atomic mass is 15.1. The fourth-order valence-corrected chi connectivity index (χ4v) is 1.32. The lowest BCUT2D eigenvalue weighted by molar-refractivity contribution is 0.258. The predicted octanol–water partition coefficient (Wildman–Crippen LogP) is 1.03. The molecule has 1 heterocycles. The van der Waals surface area contributed by atoms with Crippen LogP contribution in [0.15, 0.2) is 24.4 Å². The standard InChI is InChI=1S/C10H17N3/c1-3-13(2)10(8-11)9-6-4-5-7-12-9/h4-7,10H,3,8,11H2,1-2H3. The van der Waals surface area contributed by atoms with Gasteiger partial charge in [-0.2, -0.15) is 0 Å². The van der Waals surface area contributed by atoms with Gasteiger partial charge in [-0.25, -0.2) is 0 Å². The summed E-state index contributed by atoms with van der Waals surface area (Å²) in [6.45, 7) is 3.71. The van der Waals surface area contributed by atoms with Gasteiger partial charge in [0, 0.05) is 12.7 Å². The molecule has 0 bridgehead atoms. The third-order valence-corrected chi connectivity index (χ3v) is 2.28. The van der Waals surface area contributed by atoms with Crippen LogP contribution in [0, 0.1) is 0 Å². The summed E-state index contributed by atoms with van der Waals surface area (Å²) < 4.78 is 0. The second-order valence-electron chi connectivity index (χ2n) is 3.08. The zero-order chi connectivity index (χ0) is 9.68. The molecular weight excluding hydrogens is 162 g/mol. The second-order valence-corrected chi connectivity index (χ2v) is 3.08. The predicted molar refractivity (Wildman–Crippen MR) is 54.3 cm³/mol. The van der Waals surface area contributed by atoms with E-state index in [0.29, 0.717) is 6.54 Å². The third kappa shape index (κ3) is 2.50. The maximum absolute atomic E-state index is 5.70. The van der Waals surface area contributed by atoms with Crippen LogP contribution < -0.4 is 5.73 Å². The van der Waals surface area contributed by atoms with Crippen LogP contribution in [0.3, 0.4) is 0 Å². The minimum atomic E-state index is 0.242. The molecule has 0 aliphatic rings. The summed E-state index contributed by atoms with van der Waals surface area (Å²) in [6, 6.07) is 6.17. The van der Waals surface area contributed by atoms with Gasteiger partial charge in [0.15, 0.2) is 0 Å². The van der Waals surface area contributed by atoms with Crippen molar-refractivity contribution in [1.29, 1.82) is 0 Å². The van der Waals surface area contributed by atoms with E-state index in [1.807, 2.05) is 24.4 Å². The molecule has 0 amide bonds. The molecular formula is C10H17N3. The molecule has 1 atom stereocenters. The van der Waals surface area contributed by atoms with Gasteiger partial charge in [0.25, 0.3) is 0 Å². The third-order valence-electron chi connectivity index (χ3n) is 2.28. The average Bonchev–Trinajstić information content (AvgIpc) is 2.20. The van der Waals surface area contributed by atoms with Gasteiger partial charge in [-0.1, -0.05) is 13.0 Å². The van der Waals surface area contributed by atoms with Crippen LogP contribution in [0.2, 0.25) is 0 Å². The van der Waals surface area contributed by atoms with Gasteiger partial charge in [-0.05, 0) is 25.7 Å². The minimum Gasteiger partial charge on any atom is -0.329 e. The lowest BCUT2D eigenvalue weighted by Crippen LogP contribution is -2.30. The Morgan fingerprint density at radius 2 is 2.31 bits per heavy atom. The van der Waals surface area contributed by atoms with Crippen LogP contribution in [0.5, 0.6) is 0 Å². The molecule has 0 aromatic carbocycles. The molecule has 0 radical (unpaired) electrons. The molecule has 0 fully saturated rings. The number of nitrogens with zero attached hydrogens (tertiary/aromatic N) is 2. The van der Waals surface area contributed by atoms with Gasteiger partial charge in [-0.15, -0.1) is 0 Å². The van der Waals surface area contributed by atoms with Crippen molar-refractivity contribution in [3.63, 3.8) is 0 Å². The van der Waals surface area contributed by atoms with Gasteiger partial charge in [-0.3, -0.25) is 9.88 Å². The molecule has 13 heavy (non-hydrogen) atoms. The number of hydrogen-bond acceptors (Lipinski definition) is 3. The number of aromatic nitrogens is 1. The summed E-state index contributed by atoms with van der Waals surface area (Å²) in [5.74, 6) is 0. The highest BCUT2D eigenvalue weighted by molar-refractivity contribution is 5.09. The quantitative estimate of drug-likeness (QED) is 0.750. The normalized spacial score (nSPS) is 13.2. The van der Waals surface area contributed by atoms with E-state index in [9.17, 15) is 0 Å². The number of hydrogen-bond donors (Lipinski definition) is 1. The lowest BCUT2D eigenvalue weighted by Gasteiger charge is -2.24. The molecule has 3 heteroatoms. The van der Waals surface area contributed by atoms with E-state index < -0.39 is 0 Å². The molecule has 1 aromatic rings. The summed E-state index contributed by atoms with van der Waals surface area (Å²) in [6.07, 6.45) is 1.81. The SMILES string of the molecule is CCN(C)C(CN)c1ccccn1. The Hall–Kier alpha value is -0.930. The summed E-state index contributed by atoms with van der Waals surface area (Å²) >= 11 is 0. The van der Waals surface area contributed by atoms with Crippen molar-refractivity contribution in [2.45, 2.75) is 13.0 Å². The van der Waals surface area contributed by atoms with E-state index in [4.69, 9.17) is 5.73 Å². The summed E-state index contributed by atoms with van der Waals surface area (Å²) in [7, 11) is 2.06. The average molecular weight is 179 g/mol. The first kappa shape index (κ1) is 10.2. The summed E-state index contributed by atoms with van der Waals surface area (Å²) in [5, 5.41) is 0. The molecule has 1 aromatic heterocycles. The zero-order valence-electron chi connectivity index (χ0n) is 8.27. The lowest BCUT2D eigenvalue weighted by atomic mass is 10.1. The van der Waals surface area contributed by atoms with Crippen molar-refractivity contribution < 1.29 is 0 Å². The largest absolute Gasteiger partial charge is 0.329 e. The highest BCUT2D eigenvalue weighted by Crippen LogP contribution is 2.14. The van der Waals surface area contributed by atoms with Crippen molar-refractivity contribution in [1.82, 2.24) is 9.88 Å². The molecule has 0 saturated heterocycles. The first-order chi connectivity index (χ1) is 6.29. The van der Waals surface area contributed by atoms with Gasteiger partial charge in [0.2, 0.25) is 0 Å². The van der Waals surface area contributed by atoms with Crippen molar-refractivity contribution in [2.24, 2.45) is 5.73 Å². The topological polar surface area (TPSA) is 42.1 Å². The smallest absolute Gasteiger partial charge is 0.0641 e. The molecule has 1 rings (SSSR count). The van der Waals surface area contributed by atoms with E-state index in [-0.39, 0.29) is 6.04 Å². The molecule has 0 saturated carbocycles. The Morgan fingerprint density at radius 1 is 1.54 bits per heavy atom. The Morgan fingerprint density at radius 3 is 2.77 bits per heavy atom. The zero-order valence-corrected chi connectivity index (χ0v) is 8.27. The van der Waals surface area contributed by atoms with Crippen molar-refractivity contribution >= 4 is 0 Å². The van der Waals surface area contributed by atoms with E-state index in [1.54, 1.807) is 0 Å². The van der Waals surface area contributed by atoms with E-state index >= 15 is 0 Å². The minimum absolute atomic E-state index is 0.242. The Bertz CT molecular complexity index is 235. The number of nitrogens with two attached hydrogens (primary N) is 1. The van der Waals surface area contributed by atoms with Crippen molar-refractivity contribution in [3.8, 4) is 0 Å². The Kier molecular flexibility index (Phi) is 3.86. The van der Waals surface area contributed by atoms with Crippen molar-refractivity contribution in [2.75, 3.05) is 20.1 Å². The number of pyridine rings is 1. The second kappa shape index (κ2) is 4.94. The molecule has 3 nitrogen and oxygen atoms in total. The van der Waals surface area contributed by atoms with Gasteiger partial charge < -0.3 is 5.73 Å². The fourth-order valence-electron chi connectivity index (χ4n) is 1.32. The summed E-state index contributed by atoms with van der Waals surface area (Å²) in [4.78, 5) is 6.49. The monoisotopic (exact) mass is 179 g/mol. The fraction of sp³-hybridized carbons (Fsp3) is 0.500. The molecule has 2 N–H and O–H groups in total. The van der Waals surface area contributed by atoms with E-state index in [1.165, 1.54) is 0 Å². The van der Waals surface area contributed by atoms with Crippen LogP contribution in [0.1, 0.15) is 18.7 Å². The molecule has 0 aliphatic heterocycles. The van der Waals surface area contributed by atoms with Crippen LogP contribution in [-0.2, 0) is 0 Å². The maximum Gasteiger partial charge on any atom is 0.0641 e. The van der Waals surface area contributed by atoms with Crippen LogP contribution >= 0.6 is 0 Å². The first-order valence-corrected chi connectivity index (χ1v) is 4.60. The maximum atomic E-state index is 5.70. The van der Waals surface area contributed by atoms with Crippen molar-refractivity contribution in [3.05, 3.63) is 30.1 Å². The van der Waals surface area contributed by atoms with E-state index in [0.717, 1.165) is 12.2 Å². The molecule has 0 spiro atoms. The molecule has 72 valence electrons. The van der Waals surface area contributed by atoms with Gasteiger partial charge in [0.05, 0.1) is 11.7 Å².